The van der Waals surface area contributed by atoms with E-state index in [1.54, 1.807) is 12.3 Å². The number of fused-ring (bicyclic) bond motifs is 1. The van der Waals surface area contributed by atoms with Gasteiger partial charge in [0.25, 0.3) is 0 Å². The minimum atomic E-state index is -0.394. The summed E-state index contributed by atoms with van der Waals surface area (Å²) < 4.78 is 5.08. The smallest absolute Gasteiger partial charge is 0.415 e. The minimum Gasteiger partial charge on any atom is -0.449 e. The average Bonchev–Trinajstić information content (AvgIpc) is 2.68. The van der Waals surface area contributed by atoms with Gasteiger partial charge < -0.3 is 15.4 Å². The van der Waals surface area contributed by atoms with E-state index in [0.717, 1.165) is 32.1 Å². The van der Waals surface area contributed by atoms with Gasteiger partial charge in [-0.2, -0.15) is 4.98 Å². The minimum absolute atomic E-state index is 0.0741. The number of aromatic nitrogens is 2. The summed E-state index contributed by atoms with van der Waals surface area (Å²) in [5, 5.41) is 6.62. The average molecular weight is 408 g/mol. The number of nitrogens with one attached hydrogen (secondary N) is 2. The summed E-state index contributed by atoms with van der Waals surface area (Å²) in [5.41, 5.74) is 0. The fourth-order valence-electron chi connectivity index (χ4n) is 4.44. The third-order valence-electron chi connectivity index (χ3n) is 5.99. The van der Waals surface area contributed by atoms with E-state index >= 15 is 0 Å². The molecular formula is C19H26ClN5O3. The van der Waals surface area contributed by atoms with Crippen molar-refractivity contribution in [1.82, 2.24) is 15.3 Å². The summed E-state index contributed by atoms with van der Waals surface area (Å²) in [6, 6.07) is 1.79. The predicted octanol–water partition coefficient (Wildman–Crippen LogP) is 2.54. The second-order valence-corrected chi connectivity index (χ2v) is 8.54. The van der Waals surface area contributed by atoms with Gasteiger partial charge in [-0.25, -0.2) is 9.78 Å². The van der Waals surface area contributed by atoms with Crippen molar-refractivity contribution < 1.29 is 14.3 Å². The second kappa shape index (κ2) is 8.11. The lowest BCUT2D eigenvalue weighted by Gasteiger charge is -2.42. The number of ether oxygens (including phenoxy) is 1. The van der Waals surface area contributed by atoms with Crippen molar-refractivity contribution in [3.8, 4) is 0 Å². The number of cyclic esters (lactones) is 1. The number of amides is 2. The van der Waals surface area contributed by atoms with Crippen molar-refractivity contribution in [3.63, 3.8) is 0 Å². The molecule has 4 rings (SSSR count). The standard InChI is InChI=1S/C19H26ClN5O3/c1-11(14-10-12-9-13(20)3-4-15(12)23-17(14)26)22-18-21-6-5-16(24-18)25-7-2-8-28-19(25)27/h5-6,11-15H,2-4,7-10H2,1H3,(H,23,26)(H,21,22,24)/t11-,12?,13?,14?,15?/m1/s1. The largest absolute Gasteiger partial charge is 0.449 e. The highest BCUT2D eigenvalue weighted by molar-refractivity contribution is 6.20. The van der Waals surface area contributed by atoms with Crippen LogP contribution in [0.2, 0.25) is 0 Å². The first-order valence-electron chi connectivity index (χ1n) is 9.99. The molecule has 4 unspecified atom stereocenters. The van der Waals surface area contributed by atoms with E-state index in [0.29, 0.717) is 30.8 Å². The van der Waals surface area contributed by atoms with Crippen LogP contribution < -0.4 is 15.5 Å². The van der Waals surface area contributed by atoms with Crippen molar-refractivity contribution >= 4 is 35.4 Å². The van der Waals surface area contributed by atoms with Gasteiger partial charge in [0, 0.05) is 30.2 Å². The topological polar surface area (TPSA) is 96.4 Å². The summed E-state index contributed by atoms with van der Waals surface area (Å²) in [4.78, 5) is 34.8. The number of halogens is 1. The van der Waals surface area contributed by atoms with Gasteiger partial charge in [-0.15, -0.1) is 11.6 Å². The maximum absolute atomic E-state index is 12.6. The lowest BCUT2D eigenvalue weighted by atomic mass is 9.74. The highest BCUT2D eigenvalue weighted by atomic mass is 35.5. The van der Waals surface area contributed by atoms with Gasteiger partial charge >= 0.3 is 6.09 Å². The van der Waals surface area contributed by atoms with Crippen LogP contribution in [-0.4, -0.2) is 52.6 Å². The Balaban J connectivity index is 1.43. The monoisotopic (exact) mass is 407 g/mol. The van der Waals surface area contributed by atoms with Gasteiger partial charge in [-0.1, -0.05) is 0 Å². The molecule has 9 heteroatoms. The highest BCUT2D eigenvalue weighted by Crippen LogP contribution is 2.36. The molecule has 2 saturated heterocycles. The summed E-state index contributed by atoms with van der Waals surface area (Å²) in [6.45, 7) is 2.97. The molecule has 1 aromatic heterocycles. The lowest BCUT2D eigenvalue weighted by molar-refractivity contribution is -0.130. The Hall–Kier alpha value is -2.09. The van der Waals surface area contributed by atoms with Crippen LogP contribution in [0.5, 0.6) is 0 Å². The van der Waals surface area contributed by atoms with Crippen molar-refractivity contribution in [2.24, 2.45) is 11.8 Å². The van der Waals surface area contributed by atoms with E-state index in [1.807, 2.05) is 6.92 Å². The maximum atomic E-state index is 12.6. The Morgan fingerprint density at radius 1 is 1.36 bits per heavy atom. The number of piperidine rings is 1. The fourth-order valence-corrected chi connectivity index (χ4v) is 4.80. The summed E-state index contributed by atoms with van der Waals surface area (Å²) in [6.07, 6.45) is 5.65. The van der Waals surface area contributed by atoms with Gasteiger partial charge in [-0.05, 0) is 51.0 Å². The zero-order valence-corrected chi connectivity index (χ0v) is 16.7. The molecular weight excluding hydrogens is 382 g/mol. The number of nitrogens with zero attached hydrogens (tertiary/aromatic N) is 3. The van der Waals surface area contributed by atoms with Crippen molar-refractivity contribution in [2.75, 3.05) is 23.4 Å². The summed E-state index contributed by atoms with van der Waals surface area (Å²) >= 11 is 6.34. The molecule has 0 radical (unpaired) electrons. The van der Waals surface area contributed by atoms with E-state index in [2.05, 4.69) is 20.6 Å². The van der Waals surface area contributed by atoms with Gasteiger partial charge in [-0.3, -0.25) is 9.69 Å². The normalized spacial score (nSPS) is 31.4. The van der Waals surface area contributed by atoms with Gasteiger partial charge in [0.05, 0.1) is 12.5 Å². The Morgan fingerprint density at radius 2 is 2.21 bits per heavy atom. The molecule has 1 aliphatic carbocycles. The lowest BCUT2D eigenvalue weighted by Crippen LogP contribution is -2.55. The Labute approximate surface area is 169 Å². The molecule has 2 N–H and O–H groups in total. The third kappa shape index (κ3) is 4.01. The molecule has 1 saturated carbocycles. The molecule has 3 aliphatic rings. The molecule has 3 fully saturated rings. The molecule has 0 aromatic carbocycles. The Morgan fingerprint density at radius 3 is 3.04 bits per heavy atom. The Kier molecular flexibility index (Phi) is 5.57. The van der Waals surface area contributed by atoms with Crippen molar-refractivity contribution in [3.05, 3.63) is 12.3 Å². The number of carbonyl (C=O) groups is 2. The van der Waals surface area contributed by atoms with E-state index < -0.39 is 6.09 Å². The van der Waals surface area contributed by atoms with Crippen LogP contribution in [0.25, 0.3) is 0 Å². The van der Waals surface area contributed by atoms with Crippen molar-refractivity contribution in [2.45, 2.75) is 56.5 Å². The van der Waals surface area contributed by atoms with Crippen LogP contribution in [0.3, 0.4) is 0 Å². The highest BCUT2D eigenvalue weighted by Gasteiger charge is 2.41. The van der Waals surface area contributed by atoms with Gasteiger partial charge in [0.1, 0.15) is 5.82 Å². The number of hydrogen-bond acceptors (Lipinski definition) is 6. The quantitative estimate of drug-likeness (QED) is 0.744. The van der Waals surface area contributed by atoms with E-state index in [4.69, 9.17) is 16.3 Å². The maximum Gasteiger partial charge on any atom is 0.415 e. The number of rotatable bonds is 4. The third-order valence-corrected chi connectivity index (χ3v) is 6.39. The van der Waals surface area contributed by atoms with Crippen LogP contribution in [0.4, 0.5) is 16.6 Å². The molecule has 8 nitrogen and oxygen atoms in total. The van der Waals surface area contributed by atoms with Crippen LogP contribution in [0.1, 0.15) is 39.0 Å². The molecule has 0 bridgehead atoms. The second-order valence-electron chi connectivity index (χ2n) is 7.92. The van der Waals surface area contributed by atoms with E-state index in [-0.39, 0.29) is 29.3 Å². The van der Waals surface area contributed by atoms with Gasteiger partial charge in [0.15, 0.2) is 0 Å². The molecule has 3 heterocycles. The first-order chi connectivity index (χ1) is 13.5. The van der Waals surface area contributed by atoms with Crippen LogP contribution in [0.15, 0.2) is 12.3 Å². The zero-order valence-electron chi connectivity index (χ0n) is 15.9. The zero-order chi connectivity index (χ0) is 19.7. The molecule has 2 aliphatic heterocycles. The molecule has 0 spiro atoms. The van der Waals surface area contributed by atoms with E-state index in [9.17, 15) is 9.59 Å². The van der Waals surface area contributed by atoms with Crippen molar-refractivity contribution in [1.29, 1.82) is 0 Å². The van der Waals surface area contributed by atoms with E-state index in [1.165, 1.54) is 4.90 Å². The molecule has 28 heavy (non-hydrogen) atoms. The van der Waals surface area contributed by atoms with Crippen LogP contribution in [-0.2, 0) is 9.53 Å². The molecule has 152 valence electrons. The first-order valence-corrected chi connectivity index (χ1v) is 10.4. The molecule has 1 aromatic rings. The number of hydrogen-bond donors (Lipinski definition) is 2. The summed E-state index contributed by atoms with van der Waals surface area (Å²) in [5.74, 6) is 1.22. The predicted molar refractivity (Wildman–Crippen MR) is 105 cm³/mol. The summed E-state index contributed by atoms with van der Waals surface area (Å²) in [7, 11) is 0. The number of alkyl halides is 1. The number of anilines is 2. The van der Waals surface area contributed by atoms with Gasteiger partial charge in [0.2, 0.25) is 11.9 Å². The first kappa shape index (κ1) is 19.2. The molecule has 2 amide bonds. The molecule has 5 atom stereocenters. The van der Waals surface area contributed by atoms with Crippen LogP contribution >= 0.6 is 11.6 Å². The van der Waals surface area contributed by atoms with Crippen LogP contribution in [0, 0.1) is 11.8 Å². The SMILES string of the molecule is C[C@@H](Nc1nccc(N2CCCOC2=O)n1)C1CC2CC(Cl)CCC2NC1=O. The number of carbonyl (C=O) groups excluding carboxylic acids is 2. The Bertz CT molecular complexity index is 748. The fraction of sp³-hybridized carbons (Fsp3) is 0.684.